The van der Waals surface area contributed by atoms with Crippen molar-refractivity contribution in [2.75, 3.05) is 5.32 Å². The van der Waals surface area contributed by atoms with E-state index in [0.717, 1.165) is 10.0 Å². The third-order valence-corrected chi connectivity index (χ3v) is 2.77. The van der Waals surface area contributed by atoms with Gasteiger partial charge in [-0.1, -0.05) is 33.6 Å². The number of aryl methyl sites for hydroxylation is 1. The summed E-state index contributed by atoms with van der Waals surface area (Å²) < 4.78 is 0.881. The van der Waals surface area contributed by atoms with Gasteiger partial charge >= 0.3 is 0 Å². The van der Waals surface area contributed by atoms with Crippen LogP contribution in [0.25, 0.3) is 0 Å². The molecule has 0 aliphatic rings. The number of rotatable bonds is 2. The first-order valence-corrected chi connectivity index (χ1v) is 5.94. The second-order valence-corrected chi connectivity index (χ2v) is 4.60. The number of carbonyl (C=O) groups excluding carboxylic acids is 1. The Hall–Kier alpha value is -1.68. The quantitative estimate of drug-likeness (QED) is 0.921. The van der Waals surface area contributed by atoms with E-state index in [1.165, 1.54) is 0 Å². The van der Waals surface area contributed by atoms with Crippen LogP contribution in [0.2, 0.25) is 0 Å². The summed E-state index contributed by atoms with van der Waals surface area (Å²) in [6.07, 6.45) is 1.63. The number of nitrogens with one attached hydrogen (secondary N) is 1. The number of hydrogen-bond donors (Lipinski definition) is 1. The van der Waals surface area contributed by atoms with Crippen LogP contribution in [0.3, 0.4) is 0 Å². The van der Waals surface area contributed by atoms with Gasteiger partial charge in [-0.3, -0.25) is 4.79 Å². The number of carbonyl (C=O) groups is 1. The van der Waals surface area contributed by atoms with Crippen molar-refractivity contribution in [3.8, 4) is 0 Å². The molecule has 17 heavy (non-hydrogen) atoms. The Bertz CT molecular complexity index is 537. The van der Waals surface area contributed by atoms with Gasteiger partial charge in [0, 0.05) is 16.2 Å². The number of nitrogens with zero attached hydrogens (tertiary/aromatic N) is 1. The van der Waals surface area contributed by atoms with Gasteiger partial charge in [-0.05, 0) is 31.2 Å². The predicted octanol–water partition coefficient (Wildman–Crippen LogP) is 3.40. The van der Waals surface area contributed by atoms with Crippen molar-refractivity contribution in [2.24, 2.45) is 0 Å². The molecule has 4 heteroatoms. The van der Waals surface area contributed by atoms with Gasteiger partial charge in [0.05, 0.1) is 0 Å². The largest absolute Gasteiger partial charge is 0.307 e. The molecule has 0 radical (unpaired) electrons. The van der Waals surface area contributed by atoms with Crippen LogP contribution in [0.5, 0.6) is 0 Å². The van der Waals surface area contributed by atoms with Crippen LogP contribution in [0.4, 0.5) is 5.82 Å². The standard InChI is InChI=1S/C13H11BrN2O/c1-9-2-4-10(5-3-9)13(17)16-12-8-11(14)6-7-15-12/h2-8H,1H3,(H,15,16,17). The highest BCUT2D eigenvalue weighted by molar-refractivity contribution is 9.10. The molecule has 0 saturated heterocycles. The van der Waals surface area contributed by atoms with E-state index in [1.54, 1.807) is 24.4 Å². The lowest BCUT2D eigenvalue weighted by molar-refractivity contribution is 0.102. The molecule has 86 valence electrons. The van der Waals surface area contributed by atoms with Crippen molar-refractivity contribution in [3.05, 3.63) is 58.2 Å². The maximum atomic E-state index is 11.9. The average molecular weight is 291 g/mol. The molecule has 0 saturated carbocycles. The van der Waals surface area contributed by atoms with Gasteiger partial charge in [0.25, 0.3) is 5.91 Å². The zero-order chi connectivity index (χ0) is 12.3. The van der Waals surface area contributed by atoms with E-state index in [4.69, 9.17) is 0 Å². The monoisotopic (exact) mass is 290 g/mol. The molecule has 0 aliphatic heterocycles. The van der Waals surface area contributed by atoms with Crippen molar-refractivity contribution in [1.29, 1.82) is 0 Å². The Labute approximate surface area is 108 Å². The number of pyridine rings is 1. The Balaban J connectivity index is 2.14. The van der Waals surface area contributed by atoms with Gasteiger partial charge in [-0.25, -0.2) is 4.98 Å². The molecule has 0 fully saturated rings. The van der Waals surface area contributed by atoms with Crippen molar-refractivity contribution in [1.82, 2.24) is 4.98 Å². The second-order valence-electron chi connectivity index (χ2n) is 3.68. The van der Waals surface area contributed by atoms with Crippen molar-refractivity contribution >= 4 is 27.7 Å². The molecular weight excluding hydrogens is 280 g/mol. The topological polar surface area (TPSA) is 42.0 Å². The van der Waals surface area contributed by atoms with Crippen molar-refractivity contribution in [2.45, 2.75) is 6.92 Å². The molecule has 0 bridgehead atoms. The molecule has 0 spiro atoms. The summed E-state index contributed by atoms with van der Waals surface area (Å²) in [4.78, 5) is 15.9. The maximum Gasteiger partial charge on any atom is 0.256 e. The summed E-state index contributed by atoms with van der Waals surface area (Å²) in [5.74, 6) is 0.376. The first-order valence-electron chi connectivity index (χ1n) is 5.15. The highest BCUT2D eigenvalue weighted by Gasteiger charge is 2.06. The fourth-order valence-corrected chi connectivity index (χ4v) is 1.70. The summed E-state index contributed by atoms with van der Waals surface area (Å²) in [5.41, 5.74) is 1.75. The van der Waals surface area contributed by atoms with Crippen LogP contribution in [-0.4, -0.2) is 10.9 Å². The van der Waals surface area contributed by atoms with Crippen LogP contribution in [-0.2, 0) is 0 Å². The van der Waals surface area contributed by atoms with E-state index in [2.05, 4.69) is 26.2 Å². The van der Waals surface area contributed by atoms with Crippen LogP contribution in [0.15, 0.2) is 47.1 Å². The molecule has 1 aromatic heterocycles. The fraction of sp³-hybridized carbons (Fsp3) is 0.0769. The lowest BCUT2D eigenvalue weighted by Gasteiger charge is -2.04. The number of halogens is 1. The fourth-order valence-electron chi connectivity index (χ4n) is 1.37. The Morgan fingerprint density at radius 3 is 2.59 bits per heavy atom. The molecule has 1 N–H and O–H groups in total. The van der Waals surface area contributed by atoms with E-state index in [1.807, 2.05) is 25.1 Å². The van der Waals surface area contributed by atoms with Gasteiger partial charge < -0.3 is 5.32 Å². The normalized spacial score (nSPS) is 10.0. The first-order chi connectivity index (χ1) is 8.15. The lowest BCUT2D eigenvalue weighted by Crippen LogP contribution is -2.12. The van der Waals surface area contributed by atoms with Crippen molar-refractivity contribution < 1.29 is 4.79 Å². The van der Waals surface area contributed by atoms with Gasteiger partial charge in [-0.2, -0.15) is 0 Å². The minimum atomic E-state index is -0.157. The summed E-state index contributed by atoms with van der Waals surface area (Å²) in [7, 11) is 0. The lowest BCUT2D eigenvalue weighted by atomic mass is 10.1. The molecule has 2 rings (SSSR count). The van der Waals surface area contributed by atoms with Crippen LogP contribution in [0.1, 0.15) is 15.9 Å². The summed E-state index contributed by atoms with van der Waals surface area (Å²) in [6, 6.07) is 11.0. The zero-order valence-electron chi connectivity index (χ0n) is 9.27. The smallest absolute Gasteiger partial charge is 0.256 e. The summed E-state index contributed by atoms with van der Waals surface area (Å²) in [5, 5.41) is 2.74. The third kappa shape index (κ3) is 3.14. The van der Waals surface area contributed by atoms with Crippen LogP contribution >= 0.6 is 15.9 Å². The first kappa shape index (κ1) is 11.8. The van der Waals surface area contributed by atoms with Crippen molar-refractivity contribution in [3.63, 3.8) is 0 Å². The molecular formula is C13H11BrN2O. The van der Waals surface area contributed by atoms with E-state index < -0.39 is 0 Å². The minimum Gasteiger partial charge on any atom is -0.307 e. The number of hydrogen-bond acceptors (Lipinski definition) is 2. The Kier molecular flexibility index (Phi) is 3.54. The summed E-state index contributed by atoms with van der Waals surface area (Å²) >= 11 is 3.33. The SMILES string of the molecule is Cc1ccc(C(=O)Nc2cc(Br)ccn2)cc1. The molecule has 1 heterocycles. The molecule has 3 nitrogen and oxygen atoms in total. The molecule has 0 atom stereocenters. The highest BCUT2D eigenvalue weighted by atomic mass is 79.9. The summed E-state index contributed by atoms with van der Waals surface area (Å²) in [6.45, 7) is 1.98. The van der Waals surface area contributed by atoms with Gasteiger partial charge in [0.15, 0.2) is 0 Å². The van der Waals surface area contributed by atoms with Crippen LogP contribution < -0.4 is 5.32 Å². The molecule has 1 amide bonds. The minimum absolute atomic E-state index is 0.157. The predicted molar refractivity (Wildman–Crippen MR) is 71.1 cm³/mol. The molecule has 1 aromatic carbocycles. The van der Waals surface area contributed by atoms with E-state index >= 15 is 0 Å². The van der Waals surface area contributed by atoms with E-state index in [9.17, 15) is 4.79 Å². The Morgan fingerprint density at radius 2 is 1.94 bits per heavy atom. The number of anilines is 1. The van der Waals surface area contributed by atoms with Crippen LogP contribution in [0, 0.1) is 6.92 Å². The number of amides is 1. The Morgan fingerprint density at radius 1 is 1.24 bits per heavy atom. The second kappa shape index (κ2) is 5.10. The maximum absolute atomic E-state index is 11.9. The molecule has 2 aromatic rings. The van der Waals surface area contributed by atoms with Gasteiger partial charge in [0.1, 0.15) is 5.82 Å². The average Bonchev–Trinajstić information content (AvgIpc) is 2.29. The van der Waals surface area contributed by atoms with E-state index in [-0.39, 0.29) is 5.91 Å². The third-order valence-electron chi connectivity index (χ3n) is 2.28. The van der Waals surface area contributed by atoms with E-state index in [0.29, 0.717) is 11.4 Å². The molecule has 0 aliphatic carbocycles. The number of aromatic nitrogens is 1. The number of benzene rings is 1. The molecule has 0 unspecified atom stereocenters. The highest BCUT2D eigenvalue weighted by Crippen LogP contribution is 2.13. The van der Waals surface area contributed by atoms with Gasteiger partial charge in [-0.15, -0.1) is 0 Å². The van der Waals surface area contributed by atoms with Gasteiger partial charge in [0.2, 0.25) is 0 Å². The zero-order valence-corrected chi connectivity index (χ0v) is 10.9.